The molecule has 78 valence electrons. The Hall–Kier alpha value is 0.1000. The molecule has 0 saturated carbocycles. The topological polar surface area (TPSA) is 40.1 Å². The minimum Gasteiger partial charge on any atom is -0.772 e. The Morgan fingerprint density at radius 2 is 2.14 bits per heavy atom. The van der Waals surface area contributed by atoms with Crippen molar-refractivity contribution in [3.8, 4) is 0 Å². The van der Waals surface area contributed by atoms with Crippen molar-refractivity contribution in [2.75, 3.05) is 5.33 Å². The third-order valence-electron chi connectivity index (χ3n) is 1.81. The molecule has 1 atom stereocenters. The number of halogens is 2. The van der Waals surface area contributed by atoms with Gasteiger partial charge in [-0.3, -0.25) is 4.21 Å². The van der Waals surface area contributed by atoms with Gasteiger partial charge in [-0.05, 0) is 29.7 Å². The molecule has 14 heavy (non-hydrogen) atoms. The highest BCUT2D eigenvalue weighted by Gasteiger charge is 2.02. The van der Waals surface area contributed by atoms with Crippen LogP contribution in [0.1, 0.15) is 11.1 Å². The summed E-state index contributed by atoms with van der Waals surface area (Å²) in [6, 6.07) is 5.28. The highest BCUT2D eigenvalue weighted by atomic mass is 79.9. The van der Waals surface area contributed by atoms with E-state index in [0.717, 1.165) is 22.9 Å². The highest BCUT2D eigenvalue weighted by molar-refractivity contribution is 9.09. The summed E-state index contributed by atoms with van der Waals surface area (Å²) in [5.41, 5.74) is 1.81. The average molecular weight is 297 g/mol. The Morgan fingerprint density at radius 3 is 2.71 bits per heavy atom. The molecule has 1 aromatic carbocycles. The second kappa shape index (κ2) is 5.85. The minimum atomic E-state index is -2.05. The third-order valence-corrected chi connectivity index (χ3v) is 2.98. The lowest BCUT2D eigenvalue weighted by molar-refractivity contribution is 0.536. The molecule has 0 aromatic heterocycles. The van der Waals surface area contributed by atoms with Crippen LogP contribution in [-0.2, 0) is 23.3 Å². The summed E-state index contributed by atoms with van der Waals surface area (Å²) in [6.45, 7) is 0. The minimum absolute atomic E-state index is 0.0551. The predicted molar refractivity (Wildman–Crippen MR) is 61.6 cm³/mol. The molecular formula is C9H9BrClO2S-. The summed E-state index contributed by atoms with van der Waals surface area (Å²) in [5.74, 6) is 0.0551. The van der Waals surface area contributed by atoms with Gasteiger partial charge in [0.1, 0.15) is 0 Å². The molecule has 0 aliphatic heterocycles. The largest absolute Gasteiger partial charge is 0.772 e. The molecule has 0 amide bonds. The molecule has 1 aromatic rings. The summed E-state index contributed by atoms with van der Waals surface area (Å²) in [4.78, 5) is 0. The van der Waals surface area contributed by atoms with Crippen LogP contribution in [0, 0.1) is 0 Å². The van der Waals surface area contributed by atoms with Crippen LogP contribution in [-0.4, -0.2) is 14.1 Å². The van der Waals surface area contributed by atoms with Gasteiger partial charge in [-0.25, -0.2) is 0 Å². The van der Waals surface area contributed by atoms with E-state index >= 15 is 0 Å². The zero-order chi connectivity index (χ0) is 10.6. The van der Waals surface area contributed by atoms with E-state index in [1.807, 2.05) is 6.07 Å². The highest BCUT2D eigenvalue weighted by Crippen LogP contribution is 2.18. The molecule has 0 spiro atoms. The van der Waals surface area contributed by atoms with E-state index in [0.29, 0.717) is 5.02 Å². The maximum Gasteiger partial charge on any atom is 0.0408 e. The van der Waals surface area contributed by atoms with Crippen molar-refractivity contribution < 1.29 is 8.76 Å². The lowest BCUT2D eigenvalue weighted by Gasteiger charge is -2.10. The standard InChI is InChI=1S/C9H10BrClO2S/c10-4-3-7-5-9(11)2-1-8(7)6-14(12)13/h1-2,5H,3-4,6H2,(H,12,13)/p-1. The summed E-state index contributed by atoms with van der Waals surface area (Å²) in [5, 5.41) is 1.44. The number of hydrogen-bond acceptors (Lipinski definition) is 2. The zero-order valence-corrected chi connectivity index (χ0v) is 10.5. The van der Waals surface area contributed by atoms with E-state index < -0.39 is 11.1 Å². The van der Waals surface area contributed by atoms with Gasteiger partial charge in [-0.15, -0.1) is 0 Å². The Balaban J connectivity index is 2.95. The molecule has 0 fully saturated rings. The molecule has 1 rings (SSSR count). The maximum atomic E-state index is 10.6. The molecular weight excluding hydrogens is 288 g/mol. The van der Waals surface area contributed by atoms with Crippen LogP contribution in [0.2, 0.25) is 5.02 Å². The van der Waals surface area contributed by atoms with E-state index in [1.54, 1.807) is 12.1 Å². The van der Waals surface area contributed by atoms with Gasteiger partial charge in [0.25, 0.3) is 0 Å². The molecule has 5 heteroatoms. The van der Waals surface area contributed by atoms with Gasteiger partial charge in [-0.1, -0.05) is 44.7 Å². The molecule has 0 saturated heterocycles. The molecule has 0 N–H and O–H groups in total. The molecule has 0 aliphatic rings. The zero-order valence-electron chi connectivity index (χ0n) is 7.33. The van der Waals surface area contributed by atoms with E-state index in [1.165, 1.54) is 0 Å². The summed E-state index contributed by atoms with van der Waals surface area (Å²) < 4.78 is 21.1. The van der Waals surface area contributed by atoms with Gasteiger partial charge in [0.05, 0.1) is 0 Å². The van der Waals surface area contributed by atoms with Crippen LogP contribution >= 0.6 is 27.5 Å². The number of hydrogen-bond donors (Lipinski definition) is 0. The Morgan fingerprint density at radius 1 is 1.43 bits per heavy atom. The number of benzene rings is 1. The molecule has 0 heterocycles. The first-order valence-corrected chi connectivity index (χ1v) is 6.77. The van der Waals surface area contributed by atoms with Gasteiger partial charge in [0, 0.05) is 16.1 Å². The Labute approximate surface area is 99.1 Å². The number of alkyl halides is 1. The first kappa shape index (κ1) is 12.2. The molecule has 0 radical (unpaired) electrons. The second-order valence-electron chi connectivity index (χ2n) is 2.80. The van der Waals surface area contributed by atoms with Crippen molar-refractivity contribution in [2.24, 2.45) is 0 Å². The van der Waals surface area contributed by atoms with E-state index in [9.17, 15) is 8.76 Å². The van der Waals surface area contributed by atoms with Crippen molar-refractivity contribution in [2.45, 2.75) is 12.2 Å². The van der Waals surface area contributed by atoms with Crippen molar-refractivity contribution in [1.29, 1.82) is 0 Å². The Bertz CT molecular complexity index is 344. The van der Waals surface area contributed by atoms with Gasteiger partial charge < -0.3 is 4.55 Å². The SMILES string of the molecule is O=S([O-])Cc1ccc(Cl)cc1CCBr. The number of aryl methyl sites for hydroxylation is 1. The first-order chi connectivity index (χ1) is 6.63. The quantitative estimate of drug-likeness (QED) is 0.633. The lowest BCUT2D eigenvalue weighted by atomic mass is 10.1. The van der Waals surface area contributed by atoms with Crippen LogP contribution in [0.5, 0.6) is 0 Å². The molecule has 0 aliphatic carbocycles. The smallest absolute Gasteiger partial charge is 0.0408 e. The normalized spacial score (nSPS) is 12.8. The predicted octanol–water partition coefficient (Wildman–Crippen LogP) is 2.66. The average Bonchev–Trinajstić information content (AvgIpc) is 2.09. The Kier molecular flexibility index (Phi) is 5.09. The van der Waals surface area contributed by atoms with Crippen molar-refractivity contribution in [3.63, 3.8) is 0 Å². The molecule has 0 bridgehead atoms. The van der Waals surface area contributed by atoms with E-state index in [4.69, 9.17) is 11.6 Å². The fourth-order valence-electron chi connectivity index (χ4n) is 1.20. The second-order valence-corrected chi connectivity index (χ2v) is 4.93. The third kappa shape index (κ3) is 3.69. The summed E-state index contributed by atoms with van der Waals surface area (Å²) in [6.07, 6.45) is 0.785. The summed E-state index contributed by atoms with van der Waals surface area (Å²) in [7, 11) is 0. The van der Waals surface area contributed by atoms with Gasteiger partial charge in [0.15, 0.2) is 0 Å². The van der Waals surface area contributed by atoms with Gasteiger partial charge >= 0.3 is 0 Å². The lowest BCUT2D eigenvalue weighted by Crippen LogP contribution is -1.99. The summed E-state index contributed by atoms with van der Waals surface area (Å²) >= 11 is 7.09. The fraction of sp³-hybridized carbons (Fsp3) is 0.333. The molecule has 2 nitrogen and oxygen atoms in total. The van der Waals surface area contributed by atoms with Crippen LogP contribution in [0.3, 0.4) is 0 Å². The van der Waals surface area contributed by atoms with Crippen LogP contribution in [0.4, 0.5) is 0 Å². The van der Waals surface area contributed by atoms with Gasteiger partial charge in [0.2, 0.25) is 0 Å². The monoisotopic (exact) mass is 295 g/mol. The van der Waals surface area contributed by atoms with E-state index in [-0.39, 0.29) is 5.75 Å². The van der Waals surface area contributed by atoms with Crippen molar-refractivity contribution in [3.05, 3.63) is 34.3 Å². The first-order valence-electron chi connectivity index (χ1n) is 4.02. The van der Waals surface area contributed by atoms with Crippen molar-refractivity contribution in [1.82, 2.24) is 0 Å². The van der Waals surface area contributed by atoms with E-state index in [2.05, 4.69) is 15.9 Å². The van der Waals surface area contributed by atoms with Crippen LogP contribution in [0.15, 0.2) is 18.2 Å². The fourth-order valence-corrected chi connectivity index (χ4v) is 2.35. The molecule has 1 unspecified atom stereocenters. The van der Waals surface area contributed by atoms with Crippen LogP contribution in [0.25, 0.3) is 0 Å². The van der Waals surface area contributed by atoms with Crippen molar-refractivity contribution >= 4 is 38.6 Å². The number of rotatable bonds is 4. The maximum absolute atomic E-state index is 10.6. The van der Waals surface area contributed by atoms with Crippen LogP contribution < -0.4 is 0 Å². The van der Waals surface area contributed by atoms with Gasteiger partial charge in [-0.2, -0.15) is 0 Å².